The predicted molar refractivity (Wildman–Crippen MR) is 43.0 cm³/mol. The summed E-state index contributed by atoms with van der Waals surface area (Å²) in [5, 5.41) is 0. The van der Waals surface area contributed by atoms with Crippen molar-refractivity contribution in [3.63, 3.8) is 0 Å². The molecule has 1 aliphatic heterocycles. The molecule has 58 valence electrons. The standard InChI is InChI=1S/C7H11BrO2/c1-7(2)9-5-6(10-7)3-4-8/h3-4,6H,5H2,1-2H3/b4-3-/t6-/m0/s1. The van der Waals surface area contributed by atoms with Gasteiger partial charge in [0, 0.05) is 0 Å². The van der Waals surface area contributed by atoms with Gasteiger partial charge in [0.05, 0.1) is 6.61 Å². The molecular formula is C7H11BrO2. The number of ether oxygens (including phenoxy) is 2. The van der Waals surface area contributed by atoms with Crippen LogP contribution in [-0.2, 0) is 9.47 Å². The molecule has 0 aliphatic carbocycles. The number of halogens is 1. The molecule has 0 unspecified atom stereocenters. The molecule has 0 aromatic rings. The van der Waals surface area contributed by atoms with Crippen LogP contribution in [0.15, 0.2) is 11.1 Å². The quantitative estimate of drug-likeness (QED) is 0.655. The largest absolute Gasteiger partial charge is 0.347 e. The molecular weight excluding hydrogens is 196 g/mol. The fraction of sp³-hybridized carbons (Fsp3) is 0.714. The van der Waals surface area contributed by atoms with Gasteiger partial charge >= 0.3 is 0 Å². The molecule has 0 aromatic carbocycles. The van der Waals surface area contributed by atoms with Gasteiger partial charge in [-0.25, -0.2) is 0 Å². The minimum Gasteiger partial charge on any atom is -0.347 e. The topological polar surface area (TPSA) is 18.5 Å². The minimum absolute atomic E-state index is 0.106. The smallest absolute Gasteiger partial charge is 0.163 e. The van der Waals surface area contributed by atoms with Crippen LogP contribution in [0.5, 0.6) is 0 Å². The third-order valence-corrected chi connectivity index (χ3v) is 1.62. The Morgan fingerprint density at radius 3 is 2.70 bits per heavy atom. The molecule has 0 spiro atoms. The van der Waals surface area contributed by atoms with E-state index in [9.17, 15) is 0 Å². The summed E-state index contributed by atoms with van der Waals surface area (Å²) in [4.78, 5) is 1.79. The molecule has 0 radical (unpaired) electrons. The zero-order chi connectivity index (χ0) is 7.61. The molecule has 10 heavy (non-hydrogen) atoms. The van der Waals surface area contributed by atoms with Crippen LogP contribution >= 0.6 is 15.9 Å². The molecule has 1 aliphatic rings. The lowest BCUT2D eigenvalue weighted by Crippen LogP contribution is -2.20. The van der Waals surface area contributed by atoms with Gasteiger partial charge in [-0.05, 0) is 24.9 Å². The fourth-order valence-electron chi connectivity index (χ4n) is 0.891. The van der Waals surface area contributed by atoms with Crippen molar-refractivity contribution < 1.29 is 9.47 Å². The van der Waals surface area contributed by atoms with Gasteiger partial charge in [-0.2, -0.15) is 0 Å². The summed E-state index contributed by atoms with van der Waals surface area (Å²) >= 11 is 3.18. The van der Waals surface area contributed by atoms with Crippen molar-refractivity contribution in [1.82, 2.24) is 0 Å². The Hall–Kier alpha value is 0.140. The first-order valence-corrected chi connectivity index (χ1v) is 4.14. The molecule has 0 N–H and O–H groups in total. The normalized spacial score (nSPS) is 31.7. The Labute approximate surface area is 69.3 Å². The molecule has 1 heterocycles. The minimum atomic E-state index is -0.406. The van der Waals surface area contributed by atoms with E-state index < -0.39 is 5.79 Å². The van der Waals surface area contributed by atoms with Crippen LogP contribution in [0.4, 0.5) is 0 Å². The van der Waals surface area contributed by atoms with Crippen molar-refractivity contribution in [2.24, 2.45) is 0 Å². The van der Waals surface area contributed by atoms with Gasteiger partial charge in [-0.1, -0.05) is 15.9 Å². The lowest BCUT2D eigenvalue weighted by Gasteiger charge is -2.15. The maximum atomic E-state index is 5.45. The summed E-state index contributed by atoms with van der Waals surface area (Å²) < 4.78 is 10.8. The highest BCUT2D eigenvalue weighted by Gasteiger charge is 2.30. The summed E-state index contributed by atoms with van der Waals surface area (Å²) in [6.07, 6.45) is 2.03. The molecule has 0 bridgehead atoms. The zero-order valence-corrected chi connectivity index (χ0v) is 7.72. The van der Waals surface area contributed by atoms with E-state index >= 15 is 0 Å². The summed E-state index contributed by atoms with van der Waals surface area (Å²) in [6.45, 7) is 4.47. The molecule has 1 atom stereocenters. The van der Waals surface area contributed by atoms with Gasteiger partial charge in [0.2, 0.25) is 0 Å². The second kappa shape index (κ2) is 3.03. The lowest BCUT2D eigenvalue weighted by atomic mass is 10.4. The van der Waals surface area contributed by atoms with Crippen LogP contribution in [0.2, 0.25) is 0 Å². The van der Waals surface area contributed by atoms with Crippen LogP contribution in [0.25, 0.3) is 0 Å². The van der Waals surface area contributed by atoms with Crippen LogP contribution in [0, 0.1) is 0 Å². The van der Waals surface area contributed by atoms with Gasteiger partial charge in [0.1, 0.15) is 6.10 Å². The van der Waals surface area contributed by atoms with Gasteiger partial charge in [-0.3, -0.25) is 0 Å². The van der Waals surface area contributed by atoms with Crippen LogP contribution in [0.1, 0.15) is 13.8 Å². The summed E-state index contributed by atoms with van der Waals surface area (Å²) in [5.74, 6) is -0.406. The highest BCUT2D eigenvalue weighted by molar-refractivity contribution is 9.11. The Morgan fingerprint density at radius 1 is 1.60 bits per heavy atom. The molecule has 0 aromatic heterocycles. The zero-order valence-electron chi connectivity index (χ0n) is 6.13. The Kier molecular flexibility index (Phi) is 2.50. The van der Waals surface area contributed by atoms with Gasteiger partial charge in [0.25, 0.3) is 0 Å². The third kappa shape index (κ3) is 2.08. The van der Waals surface area contributed by atoms with Crippen molar-refractivity contribution >= 4 is 15.9 Å². The van der Waals surface area contributed by atoms with Crippen LogP contribution in [-0.4, -0.2) is 18.5 Å². The molecule has 3 heteroatoms. The Balaban J connectivity index is 2.43. The van der Waals surface area contributed by atoms with E-state index in [0.717, 1.165) is 0 Å². The Morgan fingerprint density at radius 2 is 2.30 bits per heavy atom. The van der Waals surface area contributed by atoms with E-state index in [2.05, 4.69) is 15.9 Å². The van der Waals surface area contributed by atoms with E-state index in [-0.39, 0.29) is 6.10 Å². The van der Waals surface area contributed by atoms with E-state index in [0.29, 0.717) is 6.61 Å². The highest BCUT2D eigenvalue weighted by atomic mass is 79.9. The average Bonchev–Trinajstić information content (AvgIpc) is 2.12. The van der Waals surface area contributed by atoms with Crippen molar-refractivity contribution in [2.75, 3.05) is 6.61 Å². The maximum Gasteiger partial charge on any atom is 0.163 e. The average molecular weight is 207 g/mol. The van der Waals surface area contributed by atoms with Crippen molar-refractivity contribution in [2.45, 2.75) is 25.7 Å². The van der Waals surface area contributed by atoms with Crippen LogP contribution in [0.3, 0.4) is 0 Å². The van der Waals surface area contributed by atoms with E-state index in [1.54, 1.807) is 4.99 Å². The van der Waals surface area contributed by atoms with E-state index in [1.165, 1.54) is 0 Å². The molecule has 0 amide bonds. The van der Waals surface area contributed by atoms with Crippen LogP contribution < -0.4 is 0 Å². The summed E-state index contributed by atoms with van der Waals surface area (Å²) in [5.41, 5.74) is 0. The second-order valence-corrected chi connectivity index (χ2v) is 3.21. The maximum absolute atomic E-state index is 5.45. The number of hydrogen-bond donors (Lipinski definition) is 0. The van der Waals surface area contributed by atoms with Gasteiger partial charge in [-0.15, -0.1) is 0 Å². The Bertz CT molecular complexity index is 143. The van der Waals surface area contributed by atoms with E-state index in [1.807, 2.05) is 19.9 Å². The SMILES string of the molecule is CC1(C)OC[C@H](/C=C\Br)O1. The fourth-order valence-corrected chi connectivity index (χ4v) is 1.23. The van der Waals surface area contributed by atoms with E-state index in [4.69, 9.17) is 9.47 Å². The molecule has 1 saturated heterocycles. The number of rotatable bonds is 1. The lowest BCUT2D eigenvalue weighted by molar-refractivity contribution is -0.133. The van der Waals surface area contributed by atoms with Gasteiger partial charge < -0.3 is 9.47 Å². The van der Waals surface area contributed by atoms with Crippen molar-refractivity contribution in [1.29, 1.82) is 0 Å². The van der Waals surface area contributed by atoms with Gasteiger partial charge in [0.15, 0.2) is 5.79 Å². The number of hydrogen-bond acceptors (Lipinski definition) is 2. The van der Waals surface area contributed by atoms with Crippen molar-refractivity contribution in [3.8, 4) is 0 Å². The van der Waals surface area contributed by atoms with Crippen molar-refractivity contribution in [3.05, 3.63) is 11.1 Å². The second-order valence-electron chi connectivity index (χ2n) is 2.69. The highest BCUT2D eigenvalue weighted by Crippen LogP contribution is 2.22. The molecule has 2 nitrogen and oxygen atoms in total. The third-order valence-electron chi connectivity index (χ3n) is 1.32. The predicted octanol–water partition coefficient (Wildman–Crippen LogP) is 2.05. The molecule has 0 saturated carbocycles. The molecule has 1 fully saturated rings. The first-order valence-electron chi connectivity index (χ1n) is 3.23. The summed E-state index contributed by atoms with van der Waals surface area (Å²) in [6, 6.07) is 0. The molecule has 1 rings (SSSR count). The summed E-state index contributed by atoms with van der Waals surface area (Å²) in [7, 11) is 0. The first-order chi connectivity index (χ1) is 4.64. The monoisotopic (exact) mass is 206 g/mol. The first kappa shape index (κ1) is 8.24.